The van der Waals surface area contributed by atoms with E-state index in [9.17, 15) is 14.7 Å². The molecule has 35 heavy (non-hydrogen) atoms. The second kappa shape index (κ2) is 11.9. The second-order valence-electron chi connectivity index (χ2n) is 8.66. The molecule has 1 fully saturated rings. The molecule has 1 heterocycles. The lowest BCUT2D eigenvalue weighted by atomic mass is 9.94. The number of aliphatic hydroxyl groups excluding tert-OH is 1. The molecule has 1 N–H and O–H groups in total. The van der Waals surface area contributed by atoms with Crippen molar-refractivity contribution in [3.05, 3.63) is 64.7 Å². The van der Waals surface area contributed by atoms with Crippen molar-refractivity contribution in [2.45, 2.75) is 52.7 Å². The molecule has 0 saturated carbocycles. The van der Waals surface area contributed by atoms with E-state index in [0.29, 0.717) is 48.8 Å². The Hall–Kier alpha value is -3.32. The molecule has 0 aliphatic carbocycles. The van der Waals surface area contributed by atoms with Gasteiger partial charge >= 0.3 is 0 Å². The monoisotopic (exact) mass is 481 g/mol. The van der Waals surface area contributed by atoms with Crippen LogP contribution in [0.1, 0.15) is 56.8 Å². The maximum atomic E-state index is 13.2. The maximum absolute atomic E-state index is 13.2. The number of carbonyl (C=O) groups excluding carboxylic acids is 2. The van der Waals surface area contributed by atoms with Crippen molar-refractivity contribution in [2.24, 2.45) is 0 Å². The van der Waals surface area contributed by atoms with Crippen molar-refractivity contribution in [3.63, 3.8) is 0 Å². The summed E-state index contributed by atoms with van der Waals surface area (Å²) in [5.74, 6) is -0.474. The summed E-state index contributed by atoms with van der Waals surface area (Å²) in [5.41, 5.74) is 2.33. The zero-order valence-electron chi connectivity index (χ0n) is 21.2. The van der Waals surface area contributed by atoms with E-state index < -0.39 is 17.7 Å². The van der Waals surface area contributed by atoms with Crippen LogP contribution in [-0.4, -0.2) is 54.7 Å². The summed E-state index contributed by atoms with van der Waals surface area (Å²) in [7, 11) is 1.55. The first-order valence-electron chi connectivity index (χ1n) is 12.1. The Morgan fingerprint density at radius 3 is 2.37 bits per heavy atom. The van der Waals surface area contributed by atoms with Gasteiger partial charge in [-0.15, -0.1) is 0 Å². The first-order chi connectivity index (χ1) is 16.8. The number of methoxy groups -OCH3 is 1. The van der Waals surface area contributed by atoms with Gasteiger partial charge in [0, 0.05) is 18.7 Å². The molecule has 1 atom stereocenters. The molecule has 2 aromatic rings. The molecule has 3 rings (SSSR count). The van der Waals surface area contributed by atoms with Crippen molar-refractivity contribution in [2.75, 3.05) is 26.9 Å². The molecule has 1 aliphatic rings. The zero-order valence-corrected chi connectivity index (χ0v) is 21.2. The van der Waals surface area contributed by atoms with E-state index in [1.807, 2.05) is 39.8 Å². The fraction of sp³-hybridized carbons (Fsp3) is 0.429. The molecule has 0 bridgehead atoms. The normalized spacial score (nSPS) is 17.3. The molecule has 0 radical (unpaired) electrons. The lowest BCUT2D eigenvalue weighted by Gasteiger charge is -2.26. The van der Waals surface area contributed by atoms with Gasteiger partial charge in [0.1, 0.15) is 5.76 Å². The van der Waals surface area contributed by atoms with Gasteiger partial charge in [0.2, 0.25) is 0 Å². The Bertz CT molecular complexity index is 1070. The summed E-state index contributed by atoms with van der Waals surface area (Å²) in [5, 5.41) is 11.2. The highest BCUT2D eigenvalue weighted by Crippen LogP contribution is 2.42. The Kier molecular flexibility index (Phi) is 8.93. The van der Waals surface area contributed by atoms with E-state index in [0.717, 1.165) is 12.0 Å². The standard InChI is InChI=1S/C28H35NO6/c1-6-19-9-11-20(12-10-19)26(30)24-25(21-13-14-22(33-5)23(17-21)34-7-2)29(28(32)27(24)31)15-8-16-35-18(3)4/h9-14,17-18,25,30H,6-8,15-16H2,1-5H3/b26-24-. The van der Waals surface area contributed by atoms with Crippen molar-refractivity contribution in [3.8, 4) is 11.5 Å². The third kappa shape index (κ3) is 5.85. The van der Waals surface area contributed by atoms with Crippen LogP contribution in [0.4, 0.5) is 0 Å². The fourth-order valence-corrected chi connectivity index (χ4v) is 4.20. The molecule has 0 spiro atoms. The highest BCUT2D eigenvalue weighted by atomic mass is 16.5. The van der Waals surface area contributed by atoms with Crippen LogP contribution in [0.5, 0.6) is 11.5 Å². The van der Waals surface area contributed by atoms with Crippen molar-refractivity contribution >= 4 is 17.4 Å². The lowest BCUT2D eigenvalue weighted by molar-refractivity contribution is -0.140. The number of hydrogen-bond donors (Lipinski definition) is 1. The molecule has 1 saturated heterocycles. The van der Waals surface area contributed by atoms with E-state index in [1.165, 1.54) is 4.90 Å². The fourth-order valence-electron chi connectivity index (χ4n) is 4.20. The van der Waals surface area contributed by atoms with Crippen molar-refractivity contribution in [1.82, 2.24) is 4.90 Å². The number of likely N-dealkylation sites (tertiary alicyclic amines) is 1. The van der Waals surface area contributed by atoms with Crippen LogP contribution < -0.4 is 9.47 Å². The van der Waals surface area contributed by atoms with Gasteiger partial charge in [-0.05, 0) is 56.9 Å². The van der Waals surface area contributed by atoms with Gasteiger partial charge in [0.25, 0.3) is 11.7 Å². The average Bonchev–Trinajstić information content (AvgIpc) is 3.11. The number of ketones is 1. The Morgan fingerprint density at radius 2 is 1.77 bits per heavy atom. The summed E-state index contributed by atoms with van der Waals surface area (Å²) in [6, 6.07) is 11.9. The zero-order chi connectivity index (χ0) is 25.5. The Labute approximate surface area is 207 Å². The SMILES string of the molecule is CCOc1cc(C2/C(=C(/O)c3ccc(CC)cc3)C(=O)C(=O)N2CCCOC(C)C)ccc1OC. The number of ether oxygens (including phenoxy) is 3. The molecule has 7 nitrogen and oxygen atoms in total. The number of carbonyl (C=O) groups is 2. The van der Waals surface area contributed by atoms with Gasteiger partial charge in [0.15, 0.2) is 11.5 Å². The van der Waals surface area contributed by atoms with E-state index in [4.69, 9.17) is 14.2 Å². The number of Topliss-reactive ketones (excluding diaryl/α,β-unsaturated/α-hetero) is 1. The predicted molar refractivity (Wildman–Crippen MR) is 135 cm³/mol. The summed E-state index contributed by atoms with van der Waals surface area (Å²) < 4.78 is 16.8. The van der Waals surface area contributed by atoms with Crippen molar-refractivity contribution < 1.29 is 28.9 Å². The number of hydrogen-bond acceptors (Lipinski definition) is 6. The first-order valence-corrected chi connectivity index (χ1v) is 12.1. The van der Waals surface area contributed by atoms with E-state index in [2.05, 4.69) is 0 Å². The molecule has 1 unspecified atom stereocenters. The van der Waals surface area contributed by atoms with Gasteiger partial charge in [-0.3, -0.25) is 9.59 Å². The van der Waals surface area contributed by atoms with Crippen LogP contribution in [0.3, 0.4) is 0 Å². The molecule has 7 heteroatoms. The highest BCUT2D eigenvalue weighted by Gasteiger charge is 2.46. The number of rotatable bonds is 11. The minimum atomic E-state index is -0.759. The van der Waals surface area contributed by atoms with Crippen LogP contribution >= 0.6 is 0 Å². The quantitative estimate of drug-likeness (QED) is 0.213. The van der Waals surface area contributed by atoms with Gasteiger partial charge in [-0.2, -0.15) is 0 Å². The lowest BCUT2D eigenvalue weighted by Crippen LogP contribution is -2.31. The van der Waals surface area contributed by atoms with E-state index >= 15 is 0 Å². The summed E-state index contributed by atoms with van der Waals surface area (Å²) in [6.45, 7) is 9.00. The average molecular weight is 482 g/mol. The summed E-state index contributed by atoms with van der Waals surface area (Å²) in [4.78, 5) is 27.9. The topological polar surface area (TPSA) is 85.3 Å². The third-order valence-electron chi connectivity index (χ3n) is 5.97. The number of amides is 1. The smallest absolute Gasteiger partial charge is 0.295 e. The minimum absolute atomic E-state index is 0.0663. The van der Waals surface area contributed by atoms with Crippen LogP contribution in [0.25, 0.3) is 5.76 Å². The van der Waals surface area contributed by atoms with Crippen LogP contribution in [0, 0.1) is 0 Å². The third-order valence-corrected chi connectivity index (χ3v) is 5.97. The first kappa shape index (κ1) is 26.3. The summed E-state index contributed by atoms with van der Waals surface area (Å²) >= 11 is 0. The van der Waals surface area contributed by atoms with E-state index in [-0.39, 0.29) is 17.4 Å². The molecular weight excluding hydrogens is 446 g/mol. The molecule has 1 aliphatic heterocycles. The molecule has 1 amide bonds. The Morgan fingerprint density at radius 1 is 1.06 bits per heavy atom. The van der Waals surface area contributed by atoms with Gasteiger partial charge in [-0.25, -0.2) is 0 Å². The number of benzene rings is 2. The highest BCUT2D eigenvalue weighted by molar-refractivity contribution is 6.46. The second-order valence-corrected chi connectivity index (χ2v) is 8.66. The predicted octanol–water partition coefficient (Wildman–Crippen LogP) is 4.89. The van der Waals surface area contributed by atoms with E-state index in [1.54, 1.807) is 37.4 Å². The molecule has 2 aromatic carbocycles. The van der Waals surface area contributed by atoms with Crippen LogP contribution in [0.2, 0.25) is 0 Å². The maximum Gasteiger partial charge on any atom is 0.295 e. The summed E-state index contributed by atoms with van der Waals surface area (Å²) in [6.07, 6.45) is 1.49. The van der Waals surface area contributed by atoms with Crippen LogP contribution in [0.15, 0.2) is 48.0 Å². The molecule has 0 aromatic heterocycles. The number of aryl methyl sites for hydroxylation is 1. The number of aliphatic hydroxyl groups is 1. The molecule has 188 valence electrons. The van der Waals surface area contributed by atoms with Crippen LogP contribution in [-0.2, 0) is 20.7 Å². The van der Waals surface area contributed by atoms with Gasteiger partial charge in [0.05, 0.1) is 31.4 Å². The molecular formula is C28H35NO6. The van der Waals surface area contributed by atoms with Gasteiger partial charge in [-0.1, -0.05) is 37.3 Å². The van der Waals surface area contributed by atoms with Gasteiger partial charge < -0.3 is 24.2 Å². The largest absolute Gasteiger partial charge is 0.507 e. The van der Waals surface area contributed by atoms with Crippen molar-refractivity contribution in [1.29, 1.82) is 0 Å². The number of nitrogens with zero attached hydrogens (tertiary/aromatic N) is 1. The Balaban J connectivity index is 2.09. The minimum Gasteiger partial charge on any atom is -0.507 e.